The number of hydrogen-bond donors (Lipinski definition) is 3. The molecule has 0 atom stereocenters. The van der Waals surface area contributed by atoms with Gasteiger partial charge in [0.15, 0.2) is 6.29 Å². The average molecular weight is 495 g/mol. The van der Waals surface area contributed by atoms with Gasteiger partial charge >= 0.3 is 0 Å². The molecule has 1 aliphatic rings. The number of benzene rings is 2. The van der Waals surface area contributed by atoms with Gasteiger partial charge in [0, 0.05) is 63.9 Å². The van der Waals surface area contributed by atoms with Gasteiger partial charge in [-0.1, -0.05) is 12.1 Å². The zero-order valence-corrected chi connectivity index (χ0v) is 21.6. The van der Waals surface area contributed by atoms with E-state index in [-0.39, 0.29) is 6.61 Å². The predicted octanol–water partition coefficient (Wildman–Crippen LogP) is 2.95. The van der Waals surface area contributed by atoms with Gasteiger partial charge in [-0.15, -0.1) is 0 Å². The number of nitrogens with one attached hydrogen (secondary N) is 2. The Labute approximate surface area is 213 Å². The van der Waals surface area contributed by atoms with E-state index in [1.807, 2.05) is 31.3 Å². The normalized spacial score (nSPS) is 13.0. The number of rotatable bonds is 7. The summed E-state index contributed by atoms with van der Waals surface area (Å²) in [4.78, 5) is 28.6. The molecule has 1 aliphatic heterocycles. The van der Waals surface area contributed by atoms with Crippen molar-refractivity contribution in [3.05, 3.63) is 71.8 Å². The number of aromatic nitrogens is 2. The minimum atomic E-state index is 0.228. The number of amides is 1. The number of aldehydes is 1. The van der Waals surface area contributed by atoms with Crippen LogP contribution in [0.25, 0.3) is 0 Å². The lowest BCUT2D eigenvalue weighted by molar-refractivity contribution is -0.105. The topological polar surface area (TPSA) is 103 Å². The molecular formula is C27H38N6O3. The molecule has 3 aromatic rings. The first-order valence-corrected chi connectivity index (χ1v) is 12.0. The van der Waals surface area contributed by atoms with Crippen molar-refractivity contribution in [3.8, 4) is 0 Å². The summed E-state index contributed by atoms with van der Waals surface area (Å²) in [5, 5.41) is 14.7. The Hall–Kier alpha value is -3.69. The standard InChI is InChI=1S/C13H19N3O2.C9H13N.C5H6N2O/c17-10-9-15-5-7-16(8-6-15)13-3-1-12(2-4-13)14-11-18;1-7-4-5-8(2)9(6-7)10-3;1-7-4-6-2-5(7)3-8/h1-4,11,17H,5-10H2,(H,14,18);4-6,10H,1-3H3;2-4H,1H3. The van der Waals surface area contributed by atoms with E-state index in [1.165, 1.54) is 28.7 Å². The van der Waals surface area contributed by atoms with E-state index in [9.17, 15) is 9.59 Å². The van der Waals surface area contributed by atoms with Crippen molar-refractivity contribution >= 4 is 29.8 Å². The van der Waals surface area contributed by atoms with Crippen LogP contribution in [-0.4, -0.2) is 78.6 Å². The number of aryl methyl sites for hydroxylation is 3. The number of aliphatic hydroxyl groups excluding tert-OH is 1. The van der Waals surface area contributed by atoms with E-state index >= 15 is 0 Å². The molecule has 4 rings (SSSR count). The third-order valence-corrected chi connectivity index (χ3v) is 5.88. The van der Waals surface area contributed by atoms with Crippen molar-refractivity contribution in [1.82, 2.24) is 14.5 Å². The number of aliphatic hydroxyl groups is 1. The van der Waals surface area contributed by atoms with Crippen LogP contribution in [0.1, 0.15) is 21.6 Å². The van der Waals surface area contributed by atoms with Crippen molar-refractivity contribution in [2.75, 3.05) is 61.9 Å². The van der Waals surface area contributed by atoms with Crippen LogP contribution >= 0.6 is 0 Å². The summed E-state index contributed by atoms with van der Waals surface area (Å²) in [6.07, 6.45) is 4.56. The number of piperazine rings is 1. The van der Waals surface area contributed by atoms with Crippen LogP contribution in [0, 0.1) is 13.8 Å². The fourth-order valence-electron chi connectivity index (χ4n) is 3.69. The second kappa shape index (κ2) is 15.3. The van der Waals surface area contributed by atoms with E-state index in [2.05, 4.69) is 57.5 Å². The Balaban J connectivity index is 0.000000213. The van der Waals surface area contributed by atoms with Crippen molar-refractivity contribution in [1.29, 1.82) is 0 Å². The van der Waals surface area contributed by atoms with Crippen LogP contribution in [0.2, 0.25) is 0 Å². The summed E-state index contributed by atoms with van der Waals surface area (Å²) in [5.41, 5.74) is 6.41. The summed E-state index contributed by atoms with van der Waals surface area (Å²) < 4.78 is 1.66. The minimum absolute atomic E-state index is 0.228. The highest BCUT2D eigenvalue weighted by Crippen LogP contribution is 2.19. The maximum atomic E-state index is 10.3. The Bertz CT molecular complexity index is 1060. The zero-order chi connectivity index (χ0) is 26.3. The number of carbonyl (C=O) groups excluding carboxylic acids is 2. The quantitative estimate of drug-likeness (QED) is 0.434. The van der Waals surface area contributed by atoms with Crippen LogP contribution in [-0.2, 0) is 11.8 Å². The third-order valence-electron chi connectivity index (χ3n) is 5.88. The van der Waals surface area contributed by atoms with Crippen molar-refractivity contribution < 1.29 is 14.7 Å². The number of hydrogen-bond acceptors (Lipinski definition) is 7. The van der Waals surface area contributed by atoms with Crippen LogP contribution in [0.5, 0.6) is 0 Å². The van der Waals surface area contributed by atoms with Gasteiger partial charge in [-0.2, -0.15) is 0 Å². The first kappa shape index (κ1) is 28.5. The highest BCUT2D eigenvalue weighted by Gasteiger charge is 2.16. The van der Waals surface area contributed by atoms with Gasteiger partial charge in [-0.3, -0.25) is 14.5 Å². The summed E-state index contributed by atoms with van der Waals surface area (Å²) in [7, 11) is 3.72. The smallest absolute Gasteiger partial charge is 0.211 e. The van der Waals surface area contributed by atoms with E-state index in [0.717, 1.165) is 44.7 Å². The molecule has 0 radical (unpaired) electrons. The zero-order valence-electron chi connectivity index (χ0n) is 21.6. The molecule has 2 heterocycles. The fourth-order valence-corrected chi connectivity index (χ4v) is 3.69. The van der Waals surface area contributed by atoms with Gasteiger partial charge < -0.3 is 25.2 Å². The van der Waals surface area contributed by atoms with Crippen molar-refractivity contribution in [2.45, 2.75) is 13.8 Å². The van der Waals surface area contributed by atoms with Crippen LogP contribution in [0.4, 0.5) is 17.1 Å². The molecule has 3 N–H and O–H groups in total. The van der Waals surface area contributed by atoms with Gasteiger partial charge in [0.25, 0.3) is 0 Å². The number of carbonyl (C=O) groups is 2. The monoisotopic (exact) mass is 494 g/mol. The minimum Gasteiger partial charge on any atom is -0.395 e. The first-order valence-electron chi connectivity index (χ1n) is 12.0. The van der Waals surface area contributed by atoms with E-state index < -0.39 is 0 Å². The van der Waals surface area contributed by atoms with E-state index in [0.29, 0.717) is 12.1 Å². The lowest BCUT2D eigenvalue weighted by Gasteiger charge is -2.35. The number of nitrogens with zero attached hydrogens (tertiary/aromatic N) is 4. The molecule has 9 nitrogen and oxygen atoms in total. The highest BCUT2D eigenvalue weighted by atomic mass is 16.3. The number of β-amino-alcohol motifs (C(OH)–C–C–N with tert-alkyl or cyclic N) is 1. The molecule has 0 aliphatic carbocycles. The average Bonchev–Trinajstić information content (AvgIpc) is 3.32. The highest BCUT2D eigenvalue weighted by molar-refractivity contribution is 5.72. The molecule has 194 valence electrons. The van der Waals surface area contributed by atoms with Gasteiger partial charge in [0.1, 0.15) is 5.69 Å². The molecule has 9 heteroatoms. The molecule has 36 heavy (non-hydrogen) atoms. The lowest BCUT2D eigenvalue weighted by atomic mass is 10.1. The fraction of sp³-hybridized carbons (Fsp3) is 0.370. The van der Waals surface area contributed by atoms with Crippen molar-refractivity contribution in [3.63, 3.8) is 0 Å². The predicted molar refractivity (Wildman–Crippen MR) is 146 cm³/mol. The third kappa shape index (κ3) is 9.16. The second-order valence-corrected chi connectivity index (χ2v) is 8.48. The summed E-state index contributed by atoms with van der Waals surface area (Å²) >= 11 is 0. The van der Waals surface area contributed by atoms with Gasteiger partial charge in [0.2, 0.25) is 6.41 Å². The molecule has 1 aromatic heterocycles. The molecule has 1 amide bonds. The van der Waals surface area contributed by atoms with Crippen LogP contribution in [0.15, 0.2) is 55.0 Å². The molecule has 0 spiro atoms. The molecule has 1 saturated heterocycles. The van der Waals surface area contributed by atoms with Crippen LogP contribution < -0.4 is 15.5 Å². The largest absolute Gasteiger partial charge is 0.395 e. The second-order valence-electron chi connectivity index (χ2n) is 8.48. The molecule has 0 saturated carbocycles. The Morgan fingerprint density at radius 3 is 2.19 bits per heavy atom. The number of imidazole rings is 1. The Morgan fingerprint density at radius 2 is 1.72 bits per heavy atom. The van der Waals surface area contributed by atoms with E-state index in [4.69, 9.17) is 5.11 Å². The van der Waals surface area contributed by atoms with Gasteiger partial charge in [0.05, 0.1) is 19.1 Å². The van der Waals surface area contributed by atoms with E-state index in [1.54, 1.807) is 17.9 Å². The maximum Gasteiger partial charge on any atom is 0.211 e. The van der Waals surface area contributed by atoms with Crippen molar-refractivity contribution in [2.24, 2.45) is 7.05 Å². The summed E-state index contributed by atoms with van der Waals surface area (Å²) in [6, 6.07) is 14.3. The van der Waals surface area contributed by atoms with Gasteiger partial charge in [-0.25, -0.2) is 4.98 Å². The lowest BCUT2D eigenvalue weighted by Crippen LogP contribution is -2.47. The van der Waals surface area contributed by atoms with Gasteiger partial charge in [-0.05, 0) is 55.3 Å². The van der Waals surface area contributed by atoms with Crippen LogP contribution in [0.3, 0.4) is 0 Å². The molecule has 1 fully saturated rings. The molecular weight excluding hydrogens is 456 g/mol. The maximum absolute atomic E-state index is 10.3. The SMILES string of the molecule is CNc1cc(C)ccc1C.Cn1cncc1C=O.O=CNc1ccc(N2CCN(CCO)CC2)cc1. The summed E-state index contributed by atoms with van der Waals surface area (Å²) in [5.74, 6) is 0. The summed E-state index contributed by atoms with van der Waals surface area (Å²) in [6.45, 7) is 9.10. The molecule has 0 unspecified atom stereocenters. The molecule has 2 aromatic carbocycles. The first-order chi connectivity index (χ1) is 17.4. The Morgan fingerprint density at radius 1 is 1.03 bits per heavy atom. The molecule has 0 bridgehead atoms. The Kier molecular flexibility index (Phi) is 12.2. The number of anilines is 3.